The second-order valence-electron chi connectivity index (χ2n) is 6.57. The maximum absolute atomic E-state index is 13.3. The second-order valence-corrected chi connectivity index (χ2v) is 8.38. The highest BCUT2D eigenvalue weighted by atomic mass is 32.2. The van der Waals surface area contributed by atoms with Gasteiger partial charge in [-0.1, -0.05) is 31.0 Å². The average Bonchev–Trinajstić information content (AvgIpc) is 2.97. The molecule has 0 bridgehead atoms. The van der Waals surface area contributed by atoms with Gasteiger partial charge in [0, 0.05) is 5.56 Å². The van der Waals surface area contributed by atoms with E-state index in [9.17, 15) is 13.2 Å². The van der Waals surface area contributed by atoms with Crippen molar-refractivity contribution in [3.05, 3.63) is 47.2 Å². The molecule has 0 radical (unpaired) electrons. The highest BCUT2D eigenvalue weighted by Crippen LogP contribution is 2.39. The van der Waals surface area contributed by atoms with Crippen LogP contribution in [0.3, 0.4) is 0 Å². The van der Waals surface area contributed by atoms with Gasteiger partial charge in [0.05, 0.1) is 16.3 Å². The molecule has 7 heteroatoms. The van der Waals surface area contributed by atoms with Gasteiger partial charge in [-0.05, 0) is 44.9 Å². The lowest BCUT2D eigenvalue weighted by molar-refractivity contribution is 0.112. The van der Waals surface area contributed by atoms with Gasteiger partial charge in [0.25, 0.3) is 10.0 Å². The van der Waals surface area contributed by atoms with Gasteiger partial charge in [-0.25, -0.2) is 17.7 Å². The first-order valence-corrected chi connectivity index (χ1v) is 10.2. The Labute approximate surface area is 154 Å². The SMILES string of the molecule is CCCCC1Nc2cc(C=O)c(C)nc2N1S(=O)(=O)c1ccc(C)cc1. The van der Waals surface area contributed by atoms with Crippen molar-refractivity contribution >= 4 is 27.8 Å². The first-order chi connectivity index (χ1) is 12.4. The summed E-state index contributed by atoms with van der Waals surface area (Å²) in [6.45, 7) is 5.69. The number of pyridine rings is 1. The molecule has 1 atom stereocenters. The molecule has 1 N–H and O–H groups in total. The fraction of sp³-hybridized carbons (Fsp3) is 0.368. The summed E-state index contributed by atoms with van der Waals surface area (Å²) in [5.41, 5.74) is 2.55. The maximum Gasteiger partial charge on any atom is 0.267 e. The lowest BCUT2D eigenvalue weighted by atomic mass is 10.2. The molecule has 0 amide bonds. The average molecular weight is 373 g/mol. The normalized spacial score (nSPS) is 16.3. The van der Waals surface area contributed by atoms with Crippen molar-refractivity contribution in [1.29, 1.82) is 0 Å². The van der Waals surface area contributed by atoms with E-state index in [4.69, 9.17) is 0 Å². The molecule has 1 aliphatic rings. The summed E-state index contributed by atoms with van der Waals surface area (Å²) >= 11 is 0. The maximum atomic E-state index is 13.3. The van der Waals surface area contributed by atoms with Gasteiger partial charge in [0.15, 0.2) is 12.1 Å². The number of rotatable bonds is 6. The van der Waals surface area contributed by atoms with Crippen molar-refractivity contribution in [2.24, 2.45) is 0 Å². The monoisotopic (exact) mass is 373 g/mol. The number of sulfonamides is 1. The Morgan fingerprint density at radius 2 is 1.92 bits per heavy atom. The zero-order chi connectivity index (χ0) is 18.9. The highest BCUT2D eigenvalue weighted by Gasteiger charge is 2.39. The number of nitrogens with one attached hydrogen (secondary N) is 1. The summed E-state index contributed by atoms with van der Waals surface area (Å²) < 4.78 is 28.0. The van der Waals surface area contributed by atoms with Gasteiger partial charge in [0.2, 0.25) is 0 Å². The van der Waals surface area contributed by atoms with E-state index in [2.05, 4.69) is 17.2 Å². The number of benzene rings is 1. The van der Waals surface area contributed by atoms with Crippen molar-refractivity contribution in [1.82, 2.24) is 4.98 Å². The Morgan fingerprint density at radius 1 is 1.23 bits per heavy atom. The largest absolute Gasteiger partial charge is 0.361 e. The Balaban J connectivity index is 2.11. The van der Waals surface area contributed by atoms with Gasteiger partial charge in [-0.2, -0.15) is 0 Å². The van der Waals surface area contributed by atoms with E-state index in [0.717, 1.165) is 24.7 Å². The summed E-state index contributed by atoms with van der Waals surface area (Å²) in [6, 6.07) is 8.48. The van der Waals surface area contributed by atoms with E-state index < -0.39 is 16.2 Å². The van der Waals surface area contributed by atoms with Gasteiger partial charge in [-0.3, -0.25) is 4.79 Å². The third-order valence-electron chi connectivity index (χ3n) is 4.58. The summed E-state index contributed by atoms with van der Waals surface area (Å²) in [4.78, 5) is 15.9. The smallest absolute Gasteiger partial charge is 0.267 e. The minimum absolute atomic E-state index is 0.234. The van der Waals surface area contributed by atoms with E-state index in [0.29, 0.717) is 29.2 Å². The highest BCUT2D eigenvalue weighted by molar-refractivity contribution is 7.92. The molecule has 1 unspecified atom stereocenters. The number of hydrogen-bond donors (Lipinski definition) is 1. The summed E-state index contributed by atoms with van der Waals surface area (Å²) in [7, 11) is -3.76. The number of anilines is 2. The Morgan fingerprint density at radius 3 is 2.54 bits per heavy atom. The molecule has 0 saturated carbocycles. The fourth-order valence-corrected chi connectivity index (χ4v) is 4.65. The number of carbonyl (C=O) groups excluding carboxylic acids is 1. The van der Waals surface area contributed by atoms with Gasteiger partial charge in [-0.15, -0.1) is 0 Å². The third-order valence-corrected chi connectivity index (χ3v) is 6.40. The Hall–Kier alpha value is -2.41. The lowest BCUT2D eigenvalue weighted by Gasteiger charge is -2.25. The quantitative estimate of drug-likeness (QED) is 0.782. The summed E-state index contributed by atoms with van der Waals surface area (Å²) in [6.07, 6.45) is 2.82. The standard InChI is InChI=1S/C19H23N3O3S/c1-4-5-6-18-21-17-11-15(12-23)14(3)20-19(17)22(18)26(24,25)16-9-7-13(2)8-10-16/h7-12,18,21H,4-6H2,1-3H3. The molecule has 0 spiro atoms. The fourth-order valence-electron chi connectivity index (χ4n) is 3.08. The van der Waals surface area contributed by atoms with Crippen molar-refractivity contribution in [3.63, 3.8) is 0 Å². The number of fused-ring (bicyclic) bond motifs is 1. The number of nitrogens with zero attached hydrogens (tertiary/aromatic N) is 2. The number of aromatic nitrogens is 1. The zero-order valence-corrected chi connectivity index (χ0v) is 16.0. The molecule has 1 aromatic carbocycles. The van der Waals surface area contributed by atoms with Crippen LogP contribution >= 0.6 is 0 Å². The molecule has 2 heterocycles. The van der Waals surface area contributed by atoms with Crippen LogP contribution in [0.15, 0.2) is 35.2 Å². The minimum Gasteiger partial charge on any atom is -0.361 e. The Bertz CT molecular complexity index is 924. The van der Waals surface area contributed by atoms with Crippen molar-refractivity contribution in [2.75, 3.05) is 9.62 Å². The molecule has 138 valence electrons. The summed E-state index contributed by atoms with van der Waals surface area (Å²) in [5, 5.41) is 3.23. The molecule has 1 aliphatic heterocycles. The van der Waals surface area contributed by atoms with E-state index in [1.807, 2.05) is 6.92 Å². The lowest BCUT2D eigenvalue weighted by Crippen LogP contribution is -2.40. The molecular formula is C19H23N3O3S. The van der Waals surface area contributed by atoms with Crippen LogP contribution in [0.2, 0.25) is 0 Å². The number of aryl methyl sites for hydroxylation is 2. The van der Waals surface area contributed by atoms with Crippen LogP contribution in [0.25, 0.3) is 0 Å². The van der Waals surface area contributed by atoms with E-state index >= 15 is 0 Å². The van der Waals surface area contributed by atoms with Crippen LogP contribution in [-0.2, 0) is 10.0 Å². The first kappa shape index (κ1) is 18.4. The van der Waals surface area contributed by atoms with Crippen LogP contribution in [-0.4, -0.2) is 25.9 Å². The second kappa shape index (κ2) is 7.07. The molecule has 3 rings (SSSR count). The van der Waals surface area contributed by atoms with Gasteiger partial charge in [0.1, 0.15) is 6.17 Å². The van der Waals surface area contributed by atoms with Crippen LogP contribution in [0.1, 0.15) is 47.8 Å². The van der Waals surface area contributed by atoms with Gasteiger partial charge >= 0.3 is 0 Å². The van der Waals surface area contributed by atoms with Crippen molar-refractivity contribution < 1.29 is 13.2 Å². The molecule has 0 saturated heterocycles. The molecule has 0 aliphatic carbocycles. The Kier molecular flexibility index (Phi) is 5.00. The van der Waals surface area contributed by atoms with Crippen LogP contribution in [0, 0.1) is 13.8 Å². The number of unbranched alkanes of at least 4 members (excludes halogenated alkanes) is 1. The summed E-state index contributed by atoms with van der Waals surface area (Å²) in [5.74, 6) is 0.356. The van der Waals surface area contributed by atoms with E-state index in [1.54, 1.807) is 37.3 Å². The van der Waals surface area contributed by atoms with Crippen molar-refractivity contribution in [3.8, 4) is 0 Å². The predicted octanol–water partition coefficient (Wildman–Crippen LogP) is 3.65. The van der Waals surface area contributed by atoms with Crippen molar-refractivity contribution in [2.45, 2.75) is 51.1 Å². The van der Waals surface area contributed by atoms with E-state index in [-0.39, 0.29) is 4.90 Å². The van der Waals surface area contributed by atoms with Gasteiger partial charge < -0.3 is 5.32 Å². The molecule has 2 aromatic rings. The zero-order valence-electron chi connectivity index (χ0n) is 15.2. The molecule has 1 aromatic heterocycles. The number of hydrogen-bond acceptors (Lipinski definition) is 5. The van der Waals surface area contributed by atoms with Crippen LogP contribution in [0.4, 0.5) is 11.5 Å². The first-order valence-electron chi connectivity index (χ1n) is 8.73. The van der Waals surface area contributed by atoms with Crippen LogP contribution < -0.4 is 9.62 Å². The molecular weight excluding hydrogens is 350 g/mol. The number of aldehydes is 1. The third kappa shape index (κ3) is 3.19. The van der Waals surface area contributed by atoms with E-state index in [1.165, 1.54) is 4.31 Å². The minimum atomic E-state index is -3.76. The molecule has 0 fully saturated rings. The molecule has 26 heavy (non-hydrogen) atoms. The number of carbonyl (C=O) groups is 1. The predicted molar refractivity (Wildman–Crippen MR) is 102 cm³/mol. The van der Waals surface area contributed by atoms with Crippen LogP contribution in [0.5, 0.6) is 0 Å². The molecule has 6 nitrogen and oxygen atoms in total. The topological polar surface area (TPSA) is 79.4 Å².